The van der Waals surface area contributed by atoms with Gasteiger partial charge in [-0.2, -0.15) is 10.1 Å². The van der Waals surface area contributed by atoms with E-state index in [1.165, 1.54) is 0 Å². The molecule has 0 aliphatic heterocycles. The standard InChI is InChI=1S/C19H17N7O2/c20-15(27)11-16-22-17(26(24-16)14-6-2-1-3-7-14)8-9-18-23-19(25-28-18)13-5-4-10-21-12-13/h1-7,10,12H,8-9,11H2,(H2,20,27). The smallest absolute Gasteiger partial charge is 0.227 e. The molecule has 0 saturated heterocycles. The second kappa shape index (κ2) is 7.78. The number of hydrogen-bond acceptors (Lipinski definition) is 7. The van der Waals surface area contributed by atoms with E-state index in [-0.39, 0.29) is 6.42 Å². The Morgan fingerprint density at radius 2 is 1.93 bits per heavy atom. The predicted octanol–water partition coefficient (Wildman–Crippen LogP) is 1.53. The number of benzene rings is 1. The monoisotopic (exact) mass is 375 g/mol. The normalized spacial score (nSPS) is 10.9. The molecule has 0 radical (unpaired) electrons. The minimum absolute atomic E-state index is 0.0153. The lowest BCUT2D eigenvalue weighted by molar-refractivity contribution is -0.117. The highest BCUT2D eigenvalue weighted by Gasteiger charge is 2.15. The van der Waals surface area contributed by atoms with Gasteiger partial charge in [0.2, 0.25) is 17.6 Å². The molecule has 0 spiro atoms. The largest absolute Gasteiger partial charge is 0.369 e. The van der Waals surface area contributed by atoms with E-state index in [1.54, 1.807) is 17.1 Å². The molecule has 1 aromatic carbocycles. The second-order valence-electron chi connectivity index (χ2n) is 6.09. The average Bonchev–Trinajstić information content (AvgIpc) is 3.34. The molecule has 0 aliphatic rings. The summed E-state index contributed by atoms with van der Waals surface area (Å²) in [6, 6.07) is 13.2. The Kier molecular flexibility index (Phi) is 4.87. The number of rotatable bonds is 7. The van der Waals surface area contributed by atoms with Gasteiger partial charge in [0, 0.05) is 30.8 Å². The summed E-state index contributed by atoms with van der Waals surface area (Å²) < 4.78 is 7.04. The van der Waals surface area contributed by atoms with Crippen LogP contribution in [0.1, 0.15) is 17.5 Å². The Balaban J connectivity index is 1.55. The van der Waals surface area contributed by atoms with E-state index >= 15 is 0 Å². The Labute approximate surface area is 160 Å². The summed E-state index contributed by atoms with van der Waals surface area (Å²) >= 11 is 0. The molecule has 4 aromatic rings. The van der Waals surface area contributed by atoms with Crippen LogP contribution >= 0.6 is 0 Å². The van der Waals surface area contributed by atoms with E-state index in [0.29, 0.717) is 36.2 Å². The first-order valence-corrected chi connectivity index (χ1v) is 8.70. The molecule has 4 rings (SSSR count). The minimum atomic E-state index is -0.477. The van der Waals surface area contributed by atoms with Crippen LogP contribution in [-0.4, -0.2) is 35.8 Å². The van der Waals surface area contributed by atoms with Crippen molar-refractivity contribution < 1.29 is 9.32 Å². The maximum atomic E-state index is 11.2. The number of nitrogens with two attached hydrogens (primary N) is 1. The van der Waals surface area contributed by atoms with Gasteiger partial charge in [-0.25, -0.2) is 9.67 Å². The molecule has 28 heavy (non-hydrogen) atoms. The van der Waals surface area contributed by atoms with Crippen molar-refractivity contribution in [2.75, 3.05) is 0 Å². The number of hydrogen-bond donors (Lipinski definition) is 1. The Morgan fingerprint density at radius 1 is 1.07 bits per heavy atom. The van der Waals surface area contributed by atoms with Crippen molar-refractivity contribution in [3.63, 3.8) is 0 Å². The van der Waals surface area contributed by atoms with Crippen LogP contribution in [-0.2, 0) is 24.1 Å². The lowest BCUT2D eigenvalue weighted by Crippen LogP contribution is -2.14. The van der Waals surface area contributed by atoms with Crippen molar-refractivity contribution in [2.45, 2.75) is 19.3 Å². The first-order valence-electron chi connectivity index (χ1n) is 8.70. The van der Waals surface area contributed by atoms with Gasteiger partial charge in [-0.05, 0) is 24.3 Å². The second-order valence-corrected chi connectivity index (χ2v) is 6.09. The molecule has 3 aromatic heterocycles. The molecule has 9 nitrogen and oxygen atoms in total. The molecule has 0 aliphatic carbocycles. The zero-order valence-electron chi connectivity index (χ0n) is 14.9. The third-order valence-corrected chi connectivity index (χ3v) is 4.00. The fourth-order valence-electron chi connectivity index (χ4n) is 2.75. The van der Waals surface area contributed by atoms with Gasteiger partial charge in [0.15, 0.2) is 5.82 Å². The van der Waals surface area contributed by atoms with Crippen LogP contribution in [0.4, 0.5) is 0 Å². The number of primary amides is 1. The fraction of sp³-hybridized carbons (Fsp3) is 0.158. The molecule has 1 amide bonds. The number of para-hydroxylation sites is 1. The number of carbonyl (C=O) groups excluding carboxylic acids is 1. The maximum absolute atomic E-state index is 11.2. The van der Waals surface area contributed by atoms with Crippen LogP contribution in [0.2, 0.25) is 0 Å². The summed E-state index contributed by atoms with van der Waals surface area (Å²) in [6.45, 7) is 0. The van der Waals surface area contributed by atoms with Gasteiger partial charge in [-0.15, -0.1) is 0 Å². The number of amides is 1. The average molecular weight is 375 g/mol. The minimum Gasteiger partial charge on any atom is -0.369 e. The molecule has 0 bridgehead atoms. The Hall–Kier alpha value is -3.88. The van der Waals surface area contributed by atoms with E-state index < -0.39 is 5.91 Å². The summed E-state index contributed by atoms with van der Waals surface area (Å²) in [5.41, 5.74) is 6.91. The highest BCUT2D eigenvalue weighted by Crippen LogP contribution is 2.16. The molecular formula is C19H17N7O2. The number of aryl methyl sites for hydroxylation is 2. The maximum Gasteiger partial charge on any atom is 0.227 e. The molecule has 9 heteroatoms. The first kappa shape index (κ1) is 17.5. The number of carbonyl (C=O) groups is 1. The van der Waals surface area contributed by atoms with Crippen LogP contribution in [0.3, 0.4) is 0 Å². The number of pyridine rings is 1. The SMILES string of the molecule is NC(=O)Cc1nc(CCc2nc(-c3cccnc3)no2)n(-c2ccccc2)n1. The zero-order chi connectivity index (χ0) is 19.3. The summed E-state index contributed by atoms with van der Waals surface area (Å²) in [5.74, 6) is 1.56. The summed E-state index contributed by atoms with van der Waals surface area (Å²) in [7, 11) is 0. The Morgan fingerprint density at radius 3 is 2.68 bits per heavy atom. The van der Waals surface area contributed by atoms with Crippen LogP contribution in [0, 0.1) is 0 Å². The predicted molar refractivity (Wildman–Crippen MR) is 99.2 cm³/mol. The molecule has 0 fully saturated rings. The molecule has 2 N–H and O–H groups in total. The molecular weight excluding hydrogens is 358 g/mol. The van der Waals surface area contributed by atoms with Gasteiger partial charge in [0.25, 0.3) is 0 Å². The molecule has 0 saturated carbocycles. The third-order valence-electron chi connectivity index (χ3n) is 4.00. The first-order chi connectivity index (χ1) is 13.7. The summed E-state index contributed by atoms with van der Waals surface area (Å²) in [4.78, 5) is 24.2. The van der Waals surface area contributed by atoms with Crippen molar-refractivity contribution in [1.29, 1.82) is 0 Å². The van der Waals surface area contributed by atoms with Crippen LogP contribution < -0.4 is 5.73 Å². The van der Waals surface area contributed by atoms with Crippen molar-refractivity contribution in [2.24, 2.45) is 5.73 Å². The Bertz CT molecular complexity index is 1070. The van der Waals surface area contributed by atoms with Gasteiger partial charge in [0.1, 0.15) is 5.82 Å². The quantitative estimate of drug-likeness (QED) is 0.519. The van der Waals surface area contributed by atoms with E-state index in [1.807, 2.05) is 42.5 Å². The third kappa shape index (κ3) is 3.93. The van der Waals surface area contributed by atoms with Crippen molar-refractivity contribution >= 4 is 5.91 Å². The topological polar surface area (TPSA) is 126 Å². The van der Waals surface area contributed by atoms with Crippen molar-refractivity contribution in [3.8, 4) is 17.1 Å². The lowest BCUT2D eigenvalue weighted by atomic mass is 10.2. The van der Waals surface area contributed by atoms with Gasteiger partial charge in [-0.3, -0.25) is 9.78 Å². The number of nitrogens with zero attached hydrogens (tertiary/aromatic N) is 6. The van der Waals surface area contributed by atoms with Crippen LogP contribution in [0.15, 0.2) is 59.4 Å². The van der Waals surface area contributed by atoms with Crippen molar-refractivity contribution in [1.82, 2.24) is 29.9 Å². The fourth-order valence-corrected chi connectivity index (χ4v) is 2.75. The van der Waals surface area contributed by atoms with E-state index in [4.69, 9.17) is 10.3 Å². The van der Waals surface area contributed by atoms with Crippen molar-refractivity contribution in [3.05, 3.63) is 72.4 Å². The molecule has 140 valence electrons. The molecule has 0 unspecified atom stereocenters. The van der Waals surface area contributed by atoms with Gasteiger partial charge in [-0.1, -0.05) is 23.4 Å². The molecule has 3 heterocycles. The summed E-state index contributed by atoms with van der Waals surface area (Å²) in [6.07, 6.45) is 4.34. The lowest BCUT2D eigenvalue weighted by Gasteiger charge is -2.04. The van der Waals surface area contributed by atoms with Gasteiger partial charge >= 0.3 is 0 Å². The number of aromatic nitrogens is 6. The van der Waals surface area contributed by atoms with Gasteiger partial charge < -0.3 is 10.3 Å². The van der Waals surface area contributed by atoms with Crippen LogP contribution in [0.25, 0.3) is 17.1 Å². The molecule has 0 atom stereocenters. The highest BCUT2D eigenvalue weighted by atomic mass is 16.5. The van der Waals surface area contributed by atoms with E-state index in [9.17, 15) is 4.79 Å². The highest BCUT2D eigenvalue weighted by molar-refractivity contribution is 5.75. The summed E-state index contributed by atoms with van der Waals surface area (Å²) in [5, 5.41) is 8.41. The van der Waals surface area contributed by atoms with Gasteiger partial charge in [0.05, 0.1) is 12.1 Å². The van der Waals surface area contributed by atoms with E-state index in [2.05, 4.69) is 25.2 Å². The zero-order valence-corrected chi connectivity index (χ0v) is 14.9. The van der Waals surface area contributed by atoms with Crippen LogP contribution in [0.5, 0.6) is 0 Å². The van der Waals surface area contributed by atoms with E-state index in [0.717, 1.165) is 11.3 Å².